The fraction of sp³-hybridized carbons (Fsp3) is 0.600. The lowest BCUT2D eigenvalue weighted by molar-refractivity contribution is -0.202. The monoisotopic (exact) mass is 328 g/mol. The summed E-state index contributed by atoms with van der Waals surface area (Å²) in [4.78, 5) is 0. The maximum absolute atomic E-state index is 5.86. The number of ether oxygens (including phenoxy) is 3. The van der Waals surface area contributed by atoms with Gasteiger partial charge in [0.05, 0.1) is 25.9 Å². The molecule has 0 amide bonds. The van der Waals surface area contributed by atoms with Gasteiger partial charge >= 0.3 is 0 Å². The van der Waals surface area contributed by atoms with E-state index in [1.54, 1.807) is 0 Å². The number of halogens is 1. The fourth-order valence-electron chi connectivity index (χ4n) is 2.17. The van der Waals surface area contributed by atoms with Gasteiger partial charge in [0.1, 0.15) is 0 Å². The van der Waals surface area contributed by atoms with Gasteiger partial charge in [-0.2, -0.15) is 0 Å². The maximum atomic E-state index is 5.86. The summed E-state index contributed by atoms with van der Waals surface area (Å²) in [7, 11) is 0. The number of alkyl halides is 1. The second-order valence-corrected chi connectivity index (χ2v) is 5.47. The van der Waals surface area contributed by atoms with Crippen molar-refractivity contribution in [3.05, 3.63) is 35.9 Å². The van der Waals surface area contributed by atoms with E-state index in [-0.39, 0.29) is 12.4 Å². The van der Waals surface area contributed by atoms with E-state index in [2.05, 4.69) is 28.1 Å². The summed E-state index contributed by atoms with van der Waals surface area (Å²) < 4.78 is 17.2. The van der Waals surface area contributed by atoms with Crippen LogP contribution in [0.5, 0.6) is 0 Å². The van der Waals surface area contributed by atoms with Crippen molar-refractivity contribution < 1.29 is 14.2 Å². The summed E-state index contributed by atoms with van der Waals surface area (Å²) in [6.45, 7) is 1.99. The van der Waals surface area contributed by atoms with Gasteiger partial charge in [0.2, 0.25) is 0 Å². The fourth-order valence-corrected chi connectivity index (χ4v) is 2.35. The third-order valence-corrected chi connectivity index (χ3v) is 3.43. The molecule has 0 spiro atoms. The molecule has 0 saturated carbocycles. The molecule has 0 radical (unpaired) electrons. The highest BCUT2D eigenvalue weighted by molar-refractivity contribution is 9.09. The highest BCUT2D eigenvalue weighted by Gasteiger charge is 2.22. The van der Waals surface area contributed by atoms with Gasteiger partial charge in [0.25, 0.3) is 0 Å². The van der Waals surface area contributed by atoms with Crippen LogP contribution in [0.3, 0.4) is 0 Å². The van der Waals surface area contributed by atoms with Crippen LogP contribution in [0.2, 0.25) is 0 Å². The Morgan fingerprint density at radius 2 is 2.05 bits per heavy atom. The largest absolute Gasteiger partial charge is 0.374 e. The minimum absolute atomic E-state index is 0.0587. The average Bonchev–Trinajstić information content (AvgIpc) is 2.47. The van der Waals surface area contributed by atoms with E-state index in [0.717, 1.165) is 24.6 Å². The summed E-state index contributed by atoms with van der Waals surface area (Å²) in [5, 5.41) is 0.849. The predicted molar refractivity (Wildman–Crippen MR) is 78.4 cm³/mol. The van der Waals surface area contributed by atoms with Crippen molar-refractivity contribution in [2.24, 2.45) is 0 Å². The normalized spacial score (nSPS) is 23.4. The van der Waals surface area contributed by atoms with Crippen molar-refractivity contribution in [2.45, 2.75) is 38.3 Å². The van der Waals surface area contributed by atoms with Crippen molar-refractivity contribution in [1.29, 1.82) is 0 Å². The highest BCUT2D eigenvalue weighted by Crippen LogP contribution is 2.20. The number of rotatable bonds is 7. The van der Waals surface area contributed by atoms with Gasteiger partial charge in [-0.1, -0.05) is 46.3 Å². The highest BCUT2D eigenvalue weighted by atomic mass is 79.9. The van der Waals surface area contributed by atoms with Gasteiger partial charge in [0.15, 0.2) is 6.29 Å². The topological polar surface area (TPSA) is 27.7 Å². The third kappa shape index (κ3) is 5.61. The quantitative estimate of drug-likeness (QED) is 0.717. The van der Waals surface area contributed by atoms with Gasteiger partial charge in [-0.05, 0) is 24.8 Å². The first kappa shape index (κ1) is 15.0. The van der Waals surface area contributed by atoms with Crippen LogP contribution in [0.25, 0.3) is 0 Å². The summed E-state index contributed by atoms with van der Waals surface area (Å²) >= 11 is 3.35. The van der Waals surface area contributed by atoms with Gasteiger partial charge in [-0.3, -0.25) is 0 Å². The molecular weight excluding hydrogens is 308 g/mol. The predicted octanol–water partition coefficient (Wildman–Crippen LogP) is 3.51. The van der Waals surface area contributed by atoms with E-state index in [0.29, 0.717) is 19.8 Å². The van der Waals surface area contributed by atoms with E-state index >= 15 is 0 Å². The zero-order valence-electron chi connectivity index (χ0n) is 11.1. The molecule has 1 saturated heterocycles. The van der Waals surface area contributed by atoms with E-state index in [1.807, 2.05) is 18.2 Å². The molecule has 3 nitrogen and oxygen atoms in total. The third-order valence-electron chi connectivity index (χ3n) is 3.11. The summed E-state index contributed by atoms with van der Waals surface area (Å²) in [6.07, 6.45) is 3.30. The second-order valence-electron chi connectivity index (χ2n) is 4.68. The molecule has 4 heteroatoms. The minimum atomic E-state index is -0.0587. The molecule has 0 bridgehead atoms. The zero-order valence-corrected chi connectivity index (χ0v) is 12.7. The molecule has 2 rings (SSSR count). The molecule has 1 aromatic rings. The van der Waals surface area contributed by atoms with Crippen LogP contribution in [-0.4, -0.2) is 30.9 Å². The summed E-state index contributed by atoms with van der Waals surface area (Å²) in [5.41, 5.74) is 1.20. The Kier molecular flexibility index (Phi) is 6.85. The van der Waals surface area contributed by atoms with Crippen molar-refractivity contribution in [3.63, 3.8) is 0 Å². The molecule has 1 aliphatic heterocycles. The van der Waals surface area contributed by atoms with E-state index in [9.17, 15) is 0 Å². The first-order chi connectivity index (χ1) is 9.38. The van der Waals surface area contributed by atoms with Crippen LogP contribution >= 0.6 is 15.9 Å². The van der Waals surface area contributed by atoms with Crippen LogP contribution in [0.15, 0.2) is 30.3 Å². The summed E-state index contributed by atoms with van der Waals surface area (Å²) in [6, 6.07) is 10.2. The van der Waals surface area contributed by atoms with Gasteiger partial charge in [-0.15, -0.1) is 0 Å². The molecule has 0 aliphatic carbocycles. The SMILES string of the molecule is BrCCO[C@@H]1CCC[C@@H](COCc2ccccc2)O1. The molecule has 1 fully saturated rings. The summed E-state index contributed by atoms with van der Waals surface area (Å²) in [5.74, 6) is 0. The number of hydrogen-bond acceptors (Lipinski definition) is 3. The molecule has 0 aromatic heterocycles. The Balaban J connectivity index is 1.65. The molecule has 0 unspecified atom stereocenters. The molecular formula is C15H21BrO3. The molecule has 106 valence electrons. The Hall–Kier alpha value is -0.420. The van der Waals surface area contributed by atoms with Crippen LogP contribution in [-0.2, 0) is 20.8 Å². The zero-order chi connectivity index (χ0) is 13.3. The van der Waals surface area contributed by atoms with Crippen LogP contribution < -0.4 is 0 Å². The van der Waals surface area contributed by atoms with Crippen LogP contribution in [0.1, 0.15) is 24.8 Å². The lowest BCUT2D eigenvalue weighted by atomic mass is 10.1. The standard InChI is InChI=1S/C15H21BrO3/c16-9-10-18-15-8-4-7-14(19-15)12-17-11-13-5-2-1-3-6-13/h1-3,5-6,14-15H,4,7-12H2/t14-,15-/m0/s1. The van der Waals surface area contributed by atoms with Crippen molar-refractivity contribution >= 4 is 15.9 Å². The van der Waals surface area contributed by atoms with Crippen molar-refractivity contribution in [3.8, 4) is 0 Å². The lowest BCUT2D eigenvalue weighted by Crippen LogP contribution is -2.33. The van der Waals surface area contributed by atoms with Gasteiger partial charge in [0, 0.05) is 5.33 Å². The molecule has 1 aromatic carbocycles. The first-order valence-electron chi connectivity index (χ1n) is 6.83. The van der Waals surface area contributed by atoms with Crippen LogP contribution in [0.4, 0.5) is 0 Å². The Bertz CT molecular complexity index is 345. The Morgan fingerprint density at radius 1 is 1.21 bits per heavy atom. The van der Waals surface area contributed by atoms with E-state index in [1.165, 1.54) is 5.56 Å². The van der Waals surface area contributed by atoms with Gasteiger partial charge in [-0.25, -0.2) is 0 Å². The smallest absolute Gasteiger partial charge is 0.158 e. The molecule has 19 heavy (non-hydrogen) atoms. The van der Waals surface area contributed by atoms with Crippen molar-refractivity contribution in [1.82, 2.24) is 0 Å². The number of hydrogen-bond donors (Lipinski definition) is 0. The molecule has 2 atom stereocenters. The van der Waals surface area contributed by atoms with E-state index in [4.69, 9.17) is 14.2 Å². The van der Waals surface area contributed by atoms with E-state index < -0.39 is 0 Å². The number of benzene rings is 1. The first-order valence-corrected chi connectivity index (χ1v) is 7.95. The molecule has 1 heterocycles. The molecule has 0 N–H and O–H groups in total. The minimum Gasteiger partial charge on any atom is -0.374 e. The van der Waals surface area contributed by atoms with Gasteiger partial charge < -0.3 is 14.2 Å². The molecule has 1 aliphatic rings. The lowest BCUT2D eigenvalue weighted by Gasteiger charge is -2.29. The average molecular weight is 329 g/mol. The van der Waals surface area contributed by atoms with Crippen molar-refractivity contribution in [2.75, 3.05) is 18.5 Å². The Morgan fingerprint density at radius 3 is 2.84 bits per heavy atom. The maximum Gasteiger partial charge on any atom is 0.158 e. The van der Waals surface area contributed by atoms with Crippen LogP contribution in [0, 0.1) is 0 Å². The second kappa shape index (κ2) is 8.69. The Labute approximate surface area is 123 Å².